The van der Waals surface area contributed by atoms with Crippen LogP contribution < -0.4 is 10.9 Å². The number of hydrogen-bond acceptors (Lipinski definition) is 3. The Morgan fingerprint density at radius 3 is 2.81 bits per heavy atom. The van der Waals surface area contributed by atoms with E-state index in [1.165, 1.54) is 6.33 Å². The van der Waals surface area contributed by atoms with E-state index in [9.17, 15) is 4.79 Å². The van der Waals surface area contributed by atoms with Gasteiger partial charge >= 0.3 is 0 Å². The summed E-state index contributed by atoms with van der Waals surface area (Å²) >= 11 is 5.79. The monoisotopic (exact) mass is 235 g/mol. The van der Waals surface area contributed by atoms with Gasteiger partial charge in [-0.05, 0) is 5.56 Å². The fourth-order valence-corrected chi connectivity index (χ4v) is 1.46. The van der Waals surface area contributed by atoms with Crippen LogP contribution in [0.1, 0.15) is 5.56 Å². The van der Waals surface area contributed by atoms with Crippen molar-refractivity contribution in [2.45, 2.75) is 6.54 Å². The van der Waals surface area contributed by atoms with Gasteiger partial charge in [-0.15, -0.1) is 0 Å². The molecule has 1 heterocycles. The fourth-order valence-electron chi connectivity index (χ4n) is 1.29. The van der Waals surface area contributed by atoms with Crippen LogP contribution in [0.15, 0.2) is 41.5 Å². The molecule has 0 aliphatic rings. The van der Waals surface area contributed by atoms with Crippen LogP contribution in [0.2, 0.25) is 5.02 Å². The number of rotatable bonds is 3. The van der Waals surface area contributed by atoms with Crippen LogP contribution in [-0.2, 0) is 6.54 Å². The van der Waals surface area contributed by atoms with Crippen molar-refractivity contribution in [1.82, 2.24) is 9.97 Å². The summed E-state index contributed by atoms with van der Waals surface area (Å²) in [7, 11) is 0. The lowest BCUT2D eigenvalue weighted by Crippen LogP contribution is -2.11. The molecule has 4 nitrogen and oxygen atoms in total. The Bertz CT molecular complexity index is 524. The first-order chi connectivity index (χ1) is 7.77. The summed E-state index contributed by atoms with van der Waals surface area (Å²) in [5, 5.41) is 3.09. The van der Waals surface area contributed by atoms with Gasteiger partial charge in [0.25, 0.3) is 5.56 Å². The SMILES string of the molecule is O=c1[nH]cnc(NCc2ccccc2)c1Cl. The summed E-state index contributed by atoms with van der Waals surface area (Å²) < 4.78 is 0. The largest absolute Gasteiger partial charge is 0.365 e. The minimum absolute atomic E-state index is 0.0819. The van der Waals surface area contributed by atoms with E-state index >= 15 is 0 Å². The molecule has 0 atom stereocenters. The molecule has 0 aliphatic carbocycles. The number of nitrogens with one attached hydrogen (secondary N) is 2. The summed E-state index contributed by atoms with van der Waals surface area (Å²) in [6.45, 7) is 0.580. The fraction of sp³-hybridized carbons (Fsp3) is 0.0909. The normalized spacial score (nSPS) is 10.1. The van der Waals surface area contributed by atoms with E-state index in [1.807, 2.05) is 30.3 Å². The highest BCUT2D eigenvalue weighted by atomic mass is 35.5. The van der Waals surface area contributed by atoms with Gasteiger partial charge in [0.05, 0.1) is 6.33 Å². The summed E-state index contributed by atoms with van der Waals surface area (Å²) in [4.78, 5) is 17.5. The number of anilines is 1. The van der Waals surface area contributed by atoms with Crippen LogP contribution in [0.4, 0.5) is 5.82 Å². The van der Waals surface area contributed by atoms with Crippen molar-refractivity contribution in [2.24, 2.45) is 0 Å². The summed E-state index contributed by atoms with van der Waals surface area (Å²) in [6.07, 6.45) is 1.32. The first-order valence-corrected chi connectivity index (χ1v) is 5.16. The van der Waals surface area contributed by atoms with Crippen molar-refractivity contribution in [1.29, 1.82) is 0 Å². The van der Waals surface area contributed by atoms with E-state index in [1.54, 1.807) is 0 Å². The second-order valence-electron chi connectivity index (χ2n) is 3.23. The number of H-pyrrole nitrogens is 1. The molecule has 2 rings (SSSR count). The molecule has 1 aromatic heterocycles. The molecule has 16 heavy (non-hydrogen) atoms. The average molecular weight is 236 g/mol. The molecule has 5 heteroatoms. The van der Waals surface area contributed by atoms with Gasteiger partial charge in [-0.25, -0.2) is 4.98 Å². The minimum atomic E-state index is -0.341. The van der Waals surface area contributed by atoms with Crippen molar-refractivity contribution < 1.29 is 0 Å². The quantitative estimate of drug-likeness (QED) is 0.856. The molecular weight excluding hydrogens is 226 g/mol. The molecule has 2 N–H and O–H groups in total. The van der Waals surface area contributed by atoms with Crippen molar-refractivity contribution in [3.8, 4) is 0 Å². The summed E-state index contributed by atoms with van der Waals surface area (Å²) in [5.74, 6) is 0.397. The highest BCUT2D eigenvalue weighted by Crippen LogP contribution is 2.13. The van der Waals surface area contributed by atoms with E-state index < -0.39 is 0 Å². The zero-order valence-electron chi connectivity index (χ0n) is 8.40. The van der Waals surface area contributed by atoms with Gasteiger partial charge in [-0.2, -0.15) is 0 Å². The van der Waals surface area contributed by atoms with Crippen molar-refractivity contribution in [3.63, 3.8) is 0 Å². The minimum Gasteiger partial charge on any atom is -0.365 e. The Hall–Kier alpha value is -1.81. The van der Waals surface area contributed by atoms with Gasteiger partial charge in [0.1, 0.15) is 5.02 Å². The first kappa shape index (κ1) is 10.7. The maximum absolute atomic E-state index is 11.2. The van der Waals surface area contributed by atoms with Crippen LogP contribution in [0.5, 0.6) is 0 Å². The number of nitrogens with zero attached hydrogens (tertiary/aromatic N) is 1. The highest BCUT2D eigenvalue weighted by molar-refractivity contribution is 6.32. The van der Waals surface area contributed by atoms with Crippen LogP contribution in [-0.4, -0.2) is 9.97 Å². The molecule has 0 unspecified atom stereocenters. The molecule has 2 aromatic rings. The lowest BCUT2D eigenvalue weighted by atomic mass is 10.2. The number of hydrogen-bond donors (Lipinski definition) is 2. The maximum atomic E-state index is 11.2. The second kappa shape index (κ2) is 4.81. The molecular formula is C11H10ClN3O. The number of benzene rings is 1. The molecule has 0 saturated heterocycles. The van der Waals surface area contributed by atoms with Gasteiger partial charge in [-0.1, -0.05) is 41.9 Å². The molecule has 0 spiro atoms. The molecule has 0 bridgehead atoms. The molecule has 0 amide bonds. The molecule has 82 valence electrons. The maximum Gasteiger partial charge on any atom is 0.271 e. The third kappa shape index (κ3) is 2.41. The van der Waals surface area contributed by atoms with E-state index in [2.05, 4.69) is 15.3 Å². The standard InChI is InChI=1S/C11H10ClN3O/c12-9-10(14-7-15-11(9)16)13-6-8-4-2-1-3-5-8/h1-5,7H,6H2,(H2,13,14,15,16). The average Bonchev–Trinajstić information content (AvgIpc) is 2.32. The van der Waals surface area contributed by atoms with E-state index in [0.29, 0.717) is 12.4 Å². The molecule has 0 saturated carbocycles. The van der Waals surface area contributed by atoms with Gasteiger partial charge in [0.15, 0.2) is 5.82 Å². The van der Waals surface area contributed by atoms with Crippen LogP contribution in [0, 0.1) is 0 Å². The van der Waals surface area contributed by atoms with Gasteiger partial charge < -0.3 is 10.3 Å². The van der Waals surface area contributed by atoms with Crippen LogP contribution >= 0.6 is 11.6 Å². The van der Waals surface area contributed by atoms with Gasteiger partial charge in [-0.3, -0.25) is 4.79 Å². The Morgan fingerprint density at radius 1 is 1.31 bits per heavy atom. The molecule has 0 fully saturated rings. The third-order valence-corrected chi connectivity index (χ3v) is 2.45. The lowest BCUT2D eigenvalue weighted by Gasteiger charge is -2.05. The smallest absolute Gasteiger partial charge is 0.271 e. The second-order valence-corrected chi connectivity index (χ2v) is 3.61. The zero-order chi connectivity index (χ0) is 11.4. The van der Waals surface area contributed by atoms with E-state index in [-0.39, 0.29) is 10.6 Å². The molecule has 0 radical (unpaired) electrons. The Kier molecular flexibility index (Phi) is 3.22. The lowest BCUT2D eigenvalue weighted by molar-refractivity contribution is 1.06. The van der Waals surface area contributed by atoms with Gasteiger partial charge in [0.2, 0.25) is 0 Å². The highest BCUT2D eigenvalue weighted by Gasteiger charge is 2.04. The Morgan fingerprint density at radius 2 is 2.06 bits per heavy atom. The van der Waals surface area contributed by atoms with Crippen molar-refractivity contribution >= 4 is 17.4 Å². The Labute approximate surface area is 97.3 Å². The zero-order valence-corrected chi connectivity index (χ0v) is 9.16. The summed E-state index contributed by atoms with van der Waals surface area (Å²) in [5.41, 5.74) is 0.757. The van der Waals surface area contributed by atoms with E-state index in [4.69, 9.17) is 11.6 Å². The number of halogens is 1. The number of aromatic amines is 1. The molecule has 1 aromatic carbocycles. The predicted octanol–water partition coefficient (Wildman–Crippen LogP) is 2.04. The van der Waals surface area contributed by atoms with E-state index in [0.717, 1.165) is 5.56 Å². The van der Waals surface area contributed by atoms with Crippen LogP contribution in [0.3, 0.4) is 0 Å². The predicted molar refractivity (Wildman–Crippen MR) is 63.6 cm³/mol. The number of aromatic nitrogens is 2. The Balaban J connectivity index is 2.11. The third-order valence-electron chi connectivity index (χ3n) is 2.10. The molecule has 0 aliphatic heterocycles. The summed E-state index contributed by atoms with van der Waals surface area (Å²) in [6, 6.07) is 9.80. The van der Waals surface area contributed by atoms with Crippen molar-refractivity contribution in [2.75, 3.05) is 5.32 Å². The first-order valence-electron chi connectivity index (χ1n) is 4.78. The van der Waals surface area contributed by atoms with Gasteiger partial charge in [0, 0.05) is 6.54 Å². The van der Waals surface area contributed by atoms with Crippen LogP contribution in [0.25, 0.3) is 0 Å². The van der Waals surface area contributed by atoms with Crippen molar-refractivity contribution in [3.05, 3.63) is 57.6 Å². The topological polar surface area (TPSA) is 57.8 Å².